The summed E-state index contributed by atoms with van der Waals surface area (Å²) in [5.74, 6) is 1.53. The Balaban J connectivity index is 1.49. The highest BCUT2D eigenvalue weighted by molar-refractivity contribution is 5.87. The molecule has 0 aliphatic carbocycles. The van der Waals surface area contributed by atoms with Crippen LogP contribution in [0, 0.1) is 5.82 Å². The number of halogens is 1. The molecule has 0 bridgehead atoms. The molecule has 6 heteroatoms. The molecule has 0 radical (unpaired) electrons. The molecule has 2 aromatic rings. The average Bonchev–Trinajstić information content (AvgIpc) is 3.06. The van der Waals surface area contributed by atoms with Gasteiger partial charge < -0.3 is 19.5 Å². The van der Waals surface area contributed by atoms with Gasteiger partial charge in [0.25, 0.3) is 0 Å². The Morgan fingerprint density at radius 2 is 1.88 bits per heavy atom. The molecular formula is C19H20FNO4. The van der Waals surface area contributed by atoms with E-state index in [2.05, 4.69) is 5.32 Å². The van der Waals surface area contributed by atoms with Crippen molar-refractivity contribution in [3.63, 3.8) is 0 Å². The second-order valence-corrected chi connectivity index (χ2v) is 6.25. The molecule has 1 aliphatic heterocycles. The summed E-state index contributed by atoms with van der Waals surface area (Å²) >= 11 is 0. The van der Waals surface area contributed by atoms with Crippen LogP contribution < -0.4 is 19.5 Å². The average molecular weight is 345 g/mol. The number of amides is 1. The maximum atomic E-state index is 13.0. The molecule has 0 fully saturated rings. The molecular weight excluding hydrogens is 325 g/mol. The Hall–Kier alpha value is -2.76. The molecule has 3 rings (SSSR count). The summed E-state index contributed by atoms with van der Waals surface area (Å²) in [5, 5.41) is 2.84. The minimum atomic E-state index is -0.757. The molecule has 2 aromatic carbocycles. The second-order valence-electron chi connectivity index (χ2n) is 6.25. The van der Waals surface area contributed by atoms with Crippen molar-refractivity contribution < 1.29 is 23.4 Å². The number of nitrogens with one attached hydrogen (secondary N) is 1. The number of carbonyl (C=O) groups is 1. The van der Waals surface area contributed by atoms with Gasteiger partial charge in [0.2, 0.25) is 12.7 Å². The quantitative estimate of drug-likeness (QED) is 0.818. The van der Waals surface area contributed by atoms with E-state index in [1.807, 2.05) is 0 Å². The van der Waals surface area contributed by atoms with E-state index in [-0.39, 0.29) is 18.5 Å². The van der Waals surface area contributed by atoms with Crippen molar-refractivity contribution in [2.75, 3.05) is 19.9 Å². The fraction of sp³-hybridized carbons (Fsp3) is 0.316. The summed E-state index contributed by atoms with van der Waals surface area (Å²) in [7, 11) is 0. The van der Waals surface area contributed by atoms with Crippen LogP contribution in [0.2, 0.25) is 0 Å². The molecule has 0 saturated carbocycles. The van der Waals surface area contributed by atoms with Crippen LogP contribution in [0.25, 0.3) is 0 Å². The summed E-state index contributed by atoms with van der Waals surface area (Å²) in [5.41, 5.74) is -0.00463. The van der Waals surface area contributed by atoms with Crippen LogP contribution >= 0.6 is 0 Å². The van der Waals surface area contributed by atoms with Gasteiger partial charge in [-0.15, -0.1) is 0 Å². The lowest BCUT2D eigenvalue weighted by molar-refractivity contribution is -0.125. The van der Waals surface area contributed by atoms with Crippen molar-refractivity contribution in [3.8, 4) is 17.2 Å². The molecule has 25 heavy (non-hydrogen) atoms. The minimum Gasteiger partial charge on any atom is -0.492 e. The zero-order valence-electron chi connectivity index (χ0n) is 14.2. The Bertz CT molecular complexity index is 759. The molecule has 0 aromatic heterocycles. The van der Waals surface area contributed by atoms with Crippen molar-refractivity contribution in [2.24, 2.45) is 0 Å². The maximum Gasteiger partial charge on any atom is 0.231 e. The minimum absolute atomic E-state index is 0.145. The zero-order valence-corrected chi connectivity index (χ0v) is 14.2. The van der Waals surface area contributed by atoms with Gasteiger partial charge >= 0.3 is 0 Å². The van der Waals surface area contributed by atoms with Crippen LogP contribution in [-0.2, 0) is 10.2 Å². The van der Waals surface area contributed by atoms with Crippen molar-refractivity contribution >= 4 is 5.91 Å². The molecule has 5 nitrogen and oxygen atoms in total. The molecule has 0 unspecified atom stereocenters. The molecule has 0 spiro atoms. The smallest absolute Gasteiger partial charge is 0.231 e. The van der Waals surface area contributed by atoms with E-state index in [1.54, 1.807) is 44.2 Å². The Morgan fingerprint density at radius 3 is 2.64 bits per heavy atom. The van der Waals surface area contributed by atoms with Crippen LogP contribution in [0.15, 0.2) is 42.5 Å². The van der Waals surface area contributed by atoms with E-state index >= 15 is 0 Å². The number of hydrogen-bond donors (Lipinski definition) is 1. The van der Waals surface area contributed by atoms with Gasteiger partial charge in [0, 0.05) is 6.07 Å². The van der Waals surface area contributed by atoms with Crippen LogP contribution in [0.5, 0.6) is 17.2 Å². The van der Waals surface area contributed by atoms with Crippen LogP contribution in [-0.4, -0.2) is 25.9 Å². The first-order chi connectivity index (χ1) is 12.0. The molecule has 0 saturated heterocycles. The standard InChI is InChI=1S/C19H20FNO4/c1-19(2,13-3-5-14(20)6-4-13)18(22)21-9-10-23-15-7-8-16-17(11-15)25-12-24-16/h3-8,11H,9-10,12H2,1-2H3,(H,21,22). The monoisotopic (exact) mass is 345 g/mol. The molecule has 1 N–H and O–H groups in total. The lowest BCUT2D eigenvalue weighted by Gasteiger charge is -2.24. The Morgan fingerprint density at radius 1 is 1.16 bits per heavy atom. The molecule has 132 valence electrons. The predicted octanol–water partition coefficient (Wildman–Crippen LogP) is 3.03. The SMILES string of the molecule is CC(C)(C(=O)NCCOc1ccc2c(c1)OCO2)c1ccc(F)cc1. The first-order valence-corrected chi connectivity index (χ1v) is 8.03. The fourth-order valence-corrected chi connectivity index (χ4v) is 2.52. The van der Waals surface area contributed by atoms with Crippen molar-refractivity contribution in [1.82, 2.24) is 5.32 Å². The zero-order chi connectivity index (χ0) is 17.9. The summed E-state index contributed by atoms with van der Waals surface area (Å²) in [6, 6.07) is 11.3. The molecule has 1 amide bonds. The van der Waals surface area contributed by atoms with Gasteiger partial charge in [-0.1, -0.05) is 12.1 Å². The van der Waals surface area contributed by atoms with Crippen LogP contribution in [0.1, 0.15) is 19.4 Å². The number of rotatable bonds is 6. The van der Waals surface area contributed by atoms with Gasteiger partial charge in [0.15, 0.2) is 11.5 Å². The number of fused-ring (bicyclic) bond motifs is 1. The maximum absolute atomic E-state index is 13.0. The van der Waals surface area contributed by atoms with Gasteiger partial charge in [0.1, 0.15) is 18.2 Å². The van der Waals surface area contributed by atoms with Gasteiger partial charge in [-0.05, 0) is 43.7 Å². The largest absolute Gasteiger partial charge is 0.492 e. The highest BCUT2D eigenvalue weighted by Gasteiger charge is 2.29. The van der Waals surface area contributed by atoms with Gasteiger partial charge in [0.05, 0.1) is 12.0 Å². The summed E-state index contributed by atoms with van der Waals surface area (Å²) in [4.78, 5) is 12.4. The van der Waals surface area contributed by atoms with Crippen LogP contribution in [0.3, 0.4) is 0 Å². The summed E-state index contributed by atoms with van der Waals surface area (Å²) in [6.07, 6.45) is 0. The number of hydrogen-bond acceptors (Lipinski definition) is 4. The second kappa shape index (κ2) is 7.01. The van der Waals surface area contributed by atoms with E-state index in [4.69, 9.17) is 14.2 Å². The van der Waals surface area contributed by atoms with Crippen molar-refractivity contribution in [1.29, 1.82) is 0 Å². The number of ether oxygens (including phenoxy) is 3. The van der Waals surface area contributed by atoms with Crippen molar-refractivity contribution in [3.05, 3.63) is 53.8 Å². The Labute approximate surface area is 145 Å². The molecule has 0 atom stereocenters. The lowest BCUT2D eigenvalue weighted by atomic mass is 9.84. The third-order valence-electron chi connectivity index (χ3n) is 4.13. The Kier molecular flexibility index (Phi) is 4.79. The van der Waals surface area contributed by atoms with Crippen molar-refractivity contribution in [2.45, 2.75) is 19.3 Å². The lowest BCUT2D eigenvalue weighted by Crippen LogP contribution is -2.41. The predicted molar refractivity (Wildman–Crippen MR) is 90.5 cm³/mol. The normalized spacial score (nSPS) is 12.8. The fourth-order valence-electron chi connectivity index (χ4n) is 2.52. The van der Waals surface area contributed by atoms with E-state index in [0.29, 0.717) is 30.4 Å². The molecule has 1 heterocycles. The van der Waals surface area contributed by atoms with E-state index in [0.717, 1.165) is 5.56 Å². The van der Waals surface area contributed by atoms with E-state index in [9.17, 15) is 9.18 Å². The number of carbonyl (C=O) groups excluding carboxylic acids is 1. The molecule has 1 aliphatic rings. The van der Waals surface area contributed by atoms with Gasteiger partial charge in [-0.2, -0.15) is 0 Å². The first-order valence-electron chi connectivity index (χ1n) is 8.03. The van der Waals surface area contributed by atoms with E-state index in [1.165, 1.54) is 12.1 Å². The van der Waals surface area contributed by atoms with Crippen LogP contribution in [0.4, 0.5) is 4.39 Å². The van der Waals surface area contributed by atoms with Gasteiger partial charge in [-0.25, -0.2) is 4.39 Å². The highest BCUT2D eigenvalue weighted by atomic mass is 19.1. The third-order valence-corrected chi connectivity index (χ3v) is 4.13. The number of benzene rings is 2. The van der Waals surface area contributed by atoms with E-state index < -0.39 is 5.41 Å². The highest BCUT2D eigenvalue weighted by Crippen LogP contribution is 2.35. The first kappa shape index (κ1) is 17.1. The summed E-state index contributed by atoms with van der Waals surface area (Å²) < 4.78 is 29.2. The summed E-state index contributed by atoms with van der Waals surface area (Å²) in [6.45, 7) is 4.50. The topological polar surface area (TPSA) is 56.8 Å². The van der Waals surface area contributed by atoms with Gasteiger partial charge in [-0.3, -0.25) is 4.79 Å². The third kappa shape index (κ3) is 3.84.